The van der Waals surface area contributed by atoms with Crippen LogP contribution in [0, 0.1) is 0 Å². The van der Waals surface area contributed by atoms with Gasteiger partial charge in [-0.1, -0.05) is 24.3 Å². The number of pyridine rings is 1. The number of carbonyl (C=O) groups excluding carboxylic acids is 2. The van der Waals surface area contributed by atoms with Gasteiger partial charge in [-0.2, -0.15) is 0 Å². The molecule has 1 aliphatic rings. The van der Waals surface area contributed by atoms with Gasteiger partial charge in [-0.15, -0.1) is 0 Å². The van der Waals surface area contributed by atoms with Gasteiger partial charge >= 0.3 is 12.1 Å². The van der Waals surface area contributed by atoms with Crippen LogP contribution in [0.3, 0.4) is 0 Å². The monoisotopic (exact) mass is 368 g/mol. The number of aromatic nitrogens is 1. The van der Waals surface area contributed by atoms with E-state index < -0.39 is 23.9 Å². The Labute approximate surface area is 159 Å². The van der Waals surface area contributed by atoms with Crippen LogP contribution in [-0.2, 0) is 9.47 Å². The number of likely N-dealkylation sites (tertiary alicyclic amines) is 1. The van der Waals surface area contributed by atoms with E-state index in [4.69, 9.17) is 9.47 Å². The standard InChI is InChI=1S/C21H24N2O4/c1-21(2,3)27-20(25)23-14-17(16-10-7-11-22-13-16)12-18(23)26-19(24)15-8-5-4-6-9-15/h4-11,13,17-18H,12,14H2,1-3H3/t17?,18-/m0/s1. The van der Waals surface area contributed by atoms with Crippen LogP contribution >= 0.6 is 0 Å². The zero-order valence-electron chi connectivity index (χ0n) is 15.8. The summed E-state index contributed by atoms with van der Waals surface area (Å²) < 4.78 is 11.2. The van der Waals surface area contributed by atoms with Crippen LogP contribution in [0.1, 0.15) is 49.0 Å². The van der Waals surface area contributed by atoms with Gasteiger partial charge in [0.25, 0.3) is 0 Å². The fourth-order valence-corrected chi connectivity index (χ4v) is 3.05. The van der Waals surface area contributed by atoms with Crippen LogP contribution in [0.15, 0.2) is 54.9 Å². The lowest BCUT2D eigenvalue weighted by atomic mass is 10.0. The summed E-state index contributed by atoms with van der Waals surface area (Å²) in [7, 11) is 0. The topological polar surface area (TPSA) is 68.7 Å². The van der Waals surface area contributed by atoms with Crippen molar-refractivity contribution in [1.29, 1.82) is 0 Å². The summed E-state index contributed by atoms with van der Waals surface area (Å²) in [4.78, 5) is 30.8. The summed E-state index contributed by atoms with van der Waals surface area (Å²) in [6.07, 6.45) is 2.82. The van der Waals surface area contributed by atoms with Gasteiger partial charge in [-0.3, -0.25) is 9.88 Å². The highest BCUT2D eigenvalue weighted by Gasteiger charge is 2.40. The lowest BCUT2D eigenvalue weighted by Crippen LogP contribution is -2.41. The van der Waals surface area contributed by atoms with Crippen molar-refractivity contribution in [3.63, 3.8) is 0 Å². The second-order valence-corrected chi connectivity index (χ2v) is 7.58. The Hall–Kier alpha value is -2.89. The normalized spacial score (nSPS) is 19.6. The van der Waals surface area contributed by atoms with Crippen molar-refractivity contribution in [2.24, 2.45) is 0 Å². The minimum Gasteiger partial charge on any atom is -0.444 e. The van der Waals surface area contributed by atoms with Crippen molar-refractivity contribution in [2.45, 2.75) is 44.9 Å². The first kappa shape index (κ1) is 18.9. The average Bonchev–Trinajstić information content (AvgIpc) is 3.06. The van der Waals surface area contributed by atoms with Crippen molar-refractivity contribution in [2.75, 3.05) is 6.54 Å². The number of nitrogens with zero attached hydrogens (tertiary/aromatic N) is 2. The second kappa shape index (κ2) is 7.78. The highest BCUT2D eigenvalue weighted by molar-refractivity contribution is 5.89. The minimum atomic E-state index is -0.683. The molecule has 1 aromatic carbocycles. The molecule has 1 saturated heterocycles. The van der Waals surface area contributed by atoms with E-state index in [2.05, 4.69) is 4.98 Å². The molecule has 0 aliphatic carbocycles. The van der Waals surface area contributed by atoms with E-state index in [0.29, 0.717) is 18.5 Å². The molecular formula is C21H24N2O4. The van der Waals surface area contributed by atoms with Crippen LogP contribution in [0.2, 0.25) is 0 Å². The molecule has 2 aromatic rings. The van der Waals surface area contributed by atoms with Gasteiger partial charge in [0, 0.05) is 31.3 Å². The lowest BCUT2D eigenvalue weighted by Gasteiger charge is -2.28. The maximum absolute atomic E-state index is 12.7. The van der Waals surface area contributed by atoms with E-state index in [1.807, 2.05) is 39.0 Å². The molecule has 0 bridgehead atoms. The Morgan fingerprint density at radius 3 is 2.48 bits per heavy atom. The minimum absolute atomic E-state index is 0.0276. The van der Waals surface area contributed by atoms with Crippen molar-refractivity contribution < 1.29 is 19.1 Å². The molecule has 0 N–H and O–H groups in total. The van der Waals surface area contributed by atoms with Crippen LogP contribution < -0.4 is 0 Å². The molecule has 3 rings (SSSR count). The van der Waals surface area contributed by atoms with E-state index in [-0.39, 0.29) is 5.92 Å². The third kappa shape index (κ3) is 4.84. The molecule has 27 heavy (non-hydrogen) atoms. The zero-order chi connectivity index (χ0) is 19.4. The molecule has 1 unspecified atom stereocenters. The second-order valence-electron chi connectivity index (χ2n) is 7.58. The van der Waals surface area contributed by atoms with Gasteiger partial charge in [0.2, 0.25) is 0 Å². The first-order valence-corrected chi connectivity index (χ1v) is 8.99. The maximum Gasteiger partial charge on any atom is 0.413 e. The molecule has 2 atom stereocenters. The summed E-state index contributed by atoms with van der Waals surface area (Å²) in [6.45, 7) is 5.84. The third-order valence-electron chi connectivity index (χ3n) is 4.29. The third-order valence-corrected chi connectivity index (χ3v) is 4.29. The quantitative estimate of drug-likeness (QED) is 0.766. The Kier molecular flexibility index (Phi) is 5.44. The molecule has 142 valence electrons. The van der Waals surface area contributed by atoms with Crippen molar-refractivity contribution in [3.05, 3.63) is 66.0 Å². The molecule has 0 radical (unpaired) electrons. The Balaban J connectivity index is 1.79. The summed E-state index contributed by atoms with van der Waals surface area (Å²) in [5.74, 6) is -0.430. The summed E-state index contributed by atoms with van der Waals surface area (Å²) in [5, 5.41) is 0. The molecular weight excluding hydrogens is 344 g/mol. The van der Waals surface area contributed by atoms with Crippen LogP contribution in [0.4, 0.5) is 4.79 Å². The molecule has 2 heterocycles. The number of esters is 1. The van der Waals surface area contributed by atoms with E-state index in [9.17, 15) is 9.59 Å². The fraction of sp³-hybridized carbons (Fsp3) is 0.381. The first-order valence-electron chi connectivity index (χ1n) is 8.99. The SMILES string of the molecule is CC(C)(C)OC(=O)N1CC(c2cccnc2)C[C@@H]1OC(=O)c1ccccc1. The Morgan fingerprint density at radius 2 is 1.85 bits per heavy atom. The number of carbonyl (C=O) groups is 2. The number of rotatable bonds is 3. The largest absolute Gasteiger partial charge is 0.444 e. The van der Waals surface area contributed by atoms with Gasteiger partial charge in [-0.05, 0) is 44.5 Å². The molecule has 1 fully saturated rings. The van der Waals surface area contributed by atoms with Gasteiger partial charge < -0.3 is 9.47 Å². The van der Waals surface area contributed by atoms with Crippen molar-refractivity contribution in [3.8, 4) is 0 Å². The average molecular weight is 368 g/mol. The van der Waals surface area contributed by atoms with Crippen LogP contribution in [-0.4, -0.2) is 40.3 Å². The summed E-state index contributed by atoms with van der Waals surface area (Å²) in [5.41, 5.74) is 0.827. The highest BCUT2D eigenvalue weighted by atomic mass is 16.6. The fourth-order valence-electron chi connectivity index (χ4n) is 3.05. The highest BCUT2D eigenvalue weighted by Crippen LogP contribution is 2.33. The predicted molar refractivity (Wildman–Crippen MR) is 100 cm³/mol. The molecule has 0 saturated carbocycles. The predicted octanol–water partition coefficient (Wildman–Crippen LogP) is 3.99. The van der Waals surface area contributed by atoms with Gasteiger partial charge in [-0.25, -0.2) is 9.59 Å². The van der Waals surface area contributed by atoms with E-state index >= 15 is 0 Å². The number of hydrogen-bond acceptors (Lipinski definition) is 5. The van der Waals surface area contributed by atoms with Crippen LogP contribution in [0.5, 0.6) is 0 Å². The van der Waals surface area contributed by atoms with Crippen LogP contribution in [0.25, 0.3) is 0 Å². The number of benzene rings is 1. The number of ether oxygens (including phenoxy) is 2. The van der Waals surface area contributed by atoms with E-state index in [0.717, 1.165) is 5.56 Å². The molecule has 1 amide bonds. The first-order chi connectivity index (χ1) is 12.8. The van der Waals surface area contributed by atoms with Gasteiger partial charge in [0.1, 0.15) is 5.60 Å². The van der Waals surface area contributed by atoms with Crippen molar-refractivity contribution >= 4 is 12.1 Å². The Bertz CT molecular complexity index is 787. The summed E-state index contributed by atoms with van der Waals surface area (Å²) in [6, 6.07) is 12.6. The molecule has 6 heteroatoms. The molecule has 0 spiro atoms. The molecule has 6 nitrogen and oxygen atoms in total. The van der Waals surface area contributed by atoms with Gasteiger partial charge in [0.05, 0.1) is 5.56 Å². The van der Waals surface area contributed by atoms with Crippen molar-refractivity contribution in [1.82, 2.24) is 9.88 Å². The maximum atomic E-state index is 12.7. The smallest absolute Gasteiger partial charge is 0.413 e. The lowest BCUT2D eigenvalue weighted by molar-refractivity contribution is -0.0308. The molecule has 1 aromatic heterocycles. The zero-order valence-corrected chi connectivity index (χ0v) is 15.8. The van der Waals surface area contributed by atoms with Gasteiger partial charge in [0.15, 0.2) is 6.23 Å². The van der Waals surface area contributed by atoms with E-state index in [1.54, 1.807) is 36.7 Å². The summed E-state index contributed by atoms with van der Waals surface area (Å²) >= 11 is 0. The molecule has 1 aliphatic heterocycles. The number of amides is 1. The Morgan fingerprint density at radius 1 is 1.11 bits per heavy atom. The number of hydrogen-bond donors (Lipinski definition) is 0. The van der Waals surface area contributed by atoms with E-state index in [1.165, 1.54) is 4.90 Å².